The van der Waals surface area contributed by atoms with Crippen LogP contribution >= 0.6 is 45.3 Å². The number of rotatable bonds is 6. The average molecular weight is 634 g/mol. The summed E-state index contributed by atoms with van der Waals surface area (Å²) in [6.07, 6.45) is -0.633. The lowest BCUT2D eigenvalue weighted by Gasteiger charge is -2.06. The van der Waals surface area contributed by atoms with Crippen molar-refractivity contribution in [2.24, 2.45) is 9.98 Å². The zero-order chi connectivity index (χ0) is 29.9. The highest BCUT2D eigenvalue weighted by Crippen LogP contribution is 2.45. The Morgan fingerprint density at radius 2 is 1.21 bits per heavy atom. The minimum absolute atomic E-state index is 0.0631. The van der Waals surface area contributed by atoms with Crippen molar-refractivity contribution in [3.05, 3.63) is 60.2 Å². The molecule has 0 aliphatic carbocycles. The van der Waals surface area contributed by atoms with Crippen LogP contribution in [0.5, 0.6) is 0 Å². The minimum atomic E-state index is -0.633. The Bertz CT molecular complexity index is 2110. The third-order valence-electron chi connectivity index (χ3n) is 5.71. The van der Waals surface area contributed by atoms with E-state index in [9.17, 15) is 4.79 Å². The number of fused-ring (bicyclic) bond motifs is 3. The molecule has 0 amide bonds. The molecule has 0 spiro atoms. The average Bonchev–Trinajstić information content (AvgIpc) is 3.85. The Hall–Kier alpha value is -5.55. The number of nitriles is 4. The van der Waals surface area contributed by atoms with Crippen molar-refractivity contribution >= 4 is 93.6 Å². The molecule has 0 atom stereocenters. The van der Waals surface area contributed by atoms with Gasteiger partial charge in [0.05, 0.1) is 19.2 Å². The Balaban J connectivity index is 1.43. The number of aromatic nitrogens is 3. The Morgan fingerprint density at radius 3 is 1.67 bits per heavy atom. The highest BCUT2D eigenvalue weighted by atomic mass is 32.1. The summed E-state index contributed by atoms with van der Waals surface area (Å²) in [4.78, 5) is 32.6. The van der Waals surface area contributed by atoms with Crippen molar-refractivity contribution in [2.75, 3.05) is 0 Å². The van der Waals surface area contributed by atoms with E-state index in [1.807, 2.05) is 30.3 Å². The van der Waals surface area contributed by atoms with Gasteiger partial charge in [0.25, 0.3) is 0 Å². The third kappa shape index (κ3) is 5.41. The third-order valence-corrected chi connectivity index (χ3v) is 10.3. The molecule has 6 aromatic rings. The fraction of sp³-hybridized carbons (Fsp3) is 0.0357. The Kier molecular flexibility index (Phi) is 7.54. The highest BCUT2D eigenvalue weighted by Gasteiger charge is 2.26. The maximum absolute atomic E-state index is 13.5. The van der Waals surface area contributed by atoms with Gasteiger partial charge >= 0.3 is 6.09 Å². The second-order valence-electron chi connectivity index (χ2n) is 8.36. The largest absolute Gasteiger partial charge is 0.444 e. The van der Waals surface area contributed by atoms with Gasteiger partial charge in [-0.05, 0) is 29.8 Å². The number of ether oxygens (including phenoxy) is 1. The van der Waals surface area contributed by atoms with Gasteiger partial charge in [-0.3, -0.25) is 0 Å². The predicted octanol–water partition coefficient (Wildman–Crippen LogP) is 7.59. The van der Waals surface area contributed by atoms with Gasteiger partial charge < -0.3 is 4.74 Å². The first-order chi connectivity index (χ1) is 21.0. The molecular weight excluding hydrogens is 623 g/mol. The molecule has 15 heteroatoms. The normalized spacial score (nSPS) is 10.4. The summed E-state index contributed by atoms with van der Waals surface area (Å²) in [5.74, 6) is 0. The fourth-order valence-corrected chi connectivity index (χ4v) is 7.96. The van der Waals surface area contributed by atoms with Crippen LogP contribution < -0.4 is 0 Å². The second-order valence-corrected chi connectivity index (χ2v) is 12.5. The first kappa shape index (κ1) is 27.6. The summed E-state index contributed by atoms with van der Waals surface area (Å²) in [5, 5.41) is 38.4. The first-order valence-electron chi connectivity index (χ1n) is 12.0. The lowest BCUT2D eigenvalue weighted by atomic mass is 10.2. The van der Waals surface area contributed by atoms with Gasteiger partial charge in [0, 0.05) is 0 Å². The van der Waals surface area contributed by atoms with Gasteiger partial charge in [0.1, 0.15) is 50.9 Å². The van der Waals surface area contributed by atoms with Crippen LogP contribution in [0.1, 0.15) is 5.56 Å². The summed E-state index contributed by atoms with van der Waals surface area (Å²) in [6, 6.07) is 23.3. The molecule has 0 saturated heterocycles. The molecule has 204 valence electrons. The van der Waals surface area contributed by atoms with Crippen molar-refractivity contribution in [2.45, 2.75) is 6.61 Å². The minimum Gasteiger partial charge on any atom is -0.444 e. The topological polar surface area (TPSA) is 177 Å². The maximum Gasteiger partial charge on any atom is 0.421 e. The van der Waals surface area contributed by atoms with Crippen LogP contribution in [-0.4, -0.2) is 32.1 Å². The van der Waals surface area contributed by atoms with E-state index in [4.69, 9.17) is 35.8 Å². The molecule has 5 aromatic heterocycles. The molecule has 0 fully saturated rings. The number of carbonyl (C=O) groups excluding carboxylic acids is 1. The van der Waals surface area contributed by atoms with Crippen LogP contribution in [0.4, 0.5) is 14.8 Å². The number of carbonyl (C=O) groups is 1. The van der Waals surface area contributed by atoms with Crippen molar-refractivity contribution in [3.8, 4) is 44.0 Å². The van der Waals surface area contributed by atoms with Crippen molar-refractivity contribution in [1.29, 1.82) is 21.0 Å². The quantitative estimate of drug-likeness (QED) is 0.168. The van der Waals surface area contributed by atoms with Crippen LogP contribution in [0.2, 0.25) is 0 Å². The molecule has 6 rings (SSSR count). The van der Waals surface area contributed by atoms with Gasteiger partial charge in [0.15, 0.2) is 11.3 Å². The number of thiazole rings is 2. The highest BCUT2D eigenvalue weighted by molar-refractivity contribution is 7.32. The second kappa shape index (κ2) is 11.7. The molecule has 0 bridgehead atoms. The molecule has 5 heterocycles. The van der Waals surface area contributed by atoms with E-state index in [2.05, 4.69) is 9.98 Å². The predicted molar refractivity (Wildman–Crippen MR) is 166 cm³/mol. The van der Waals surface area contributed by atoms with Crippen LogP contribution in [0.25, 0.3) is 40.5 Å². The molecular formula is C28H11N9O2S4. The number of hydrogen-bond donors (Lipinski definition) is 0. The summed E-state index contributed by atoms with van der Waals surface area (Å²) in [6.45, 7) is 0.0631. The monoisotopic (exact) mass is 633 g/mol. The van der Waals surface area contributed by atoms with Crippen LogP contribution in [-0.2, 0) is 11.3 Å². The zero-order valence-electron chi connectivity index (χ0n) is 21.4. The summed E-state index contributed by atoms with van der Waals surface area (Å²) >= 11 is 5.29. The molecule has 1 aromatic carbocycles. The molecule has 0 aliphatic rings. The molecule has 0 aliphatic heterocycles. The van der Waals surface area contributed by atoms with Gasteiger partial charge in [-0.2, -0.15) is 21.0 Å². The van der Waals surface area contributed by atoms with Crippen LogP contribution in [0, 0.1) is 45.3 Å². The van der Waals surface area contributed by atoms with E-state index in [1.165, 1.54) is 49.9 Å². The van der Waals surface area contributed by atoms with Gasteiger partial charge in [-0.1, -0.05) is 30.3 Å². The number of nitrogens with zero attached hydrogens (tertiary/aromatic N) is 9. The van der Waals surface area contributed by atoms with Gasteiger partial charge in [-0.15, -0.1) is 45.3 Å². The number of thiophene rings is 2. The SMILES string of the molecule is N#CC(C#N)=Nc1ccc(-c2nc3c(s2)c2sc(-c4ccc(N=C(C#N)C#N)s4)nc2n3C(=O)OCc2ccccc2)s1. The zero-order valence-corrected chi connectivity index (χ0v) is 24.6. The molecule has 0 N–H and O–H groups in total. The maximum atomic E-state index is 13.5. The molecule has 0 radical (unpaired) electrons. The first-order valence-corrected chi connectivity index (χ1v) is 15.3. The molecule has 0 unspecified atom stereocenters. The van der Waals surface area contributed by atoms with Gasteiger partial charge in [0.2, 0.25) is 11.4 Å². The van der Waals surface area contributed by atoms with Crippen molar-refractivity contribution < 1.29 is 9.53 Å². The fourth-order valence-electron chi connectivity index (χ4n) is 3.87. The Labute approximate surface area is 258 Å². The van der Waals surface area contributed by atoms with E-state index >= 15 is 0 Å². The van der Waals surface area contributed by atoms with E-state index in [1.54, 1.807) is 48.5 Å². The lowest BCUT2D eigenvalue weighted by molar-refractivity contribution is 0.143. The van der Waals surface area contributed by atoms with Gasteiger partial charge in [-0.25, -0.2) is 29.3 Å². The van der Waals surface area contributed by atoms with E-state index in [0.717, 1.165) is 24.7 Å². The van der Waals surface area contributed by atoms with Crippen LogP contribution in [0.15, 0.2) is 64.6 Å². The summed E-state index contributed by atoms with van der Waals surface area (Å²) in [7, 11) is 0. The standard InChI is InChI=1S/C28H11N9O2S4/c29-10-16(11-30)33-20-8-6-18(40-20)26-35-24-22(42-26)23-25(37(24)28(38)39-14-15-4-2-1-3-5-15)36-27(43-23)19-7-9-21(41-19)34-17(12-31)13-32/h1-9H,14H2. The summed E-state index contributed by atoms with van der Waals surface area (Å²) < 4.78 is 8.51. The molecule has 11 nitrogen and oxygen atoms in total. The van der Waals surface area contributed by atoms with E-state index in [-0.39, 0.29) is 18.0 Å². The van der Waals surface area contributed by atoms with E-state index < -0.39 is 6.09 Å². The van der Waals surface area contributed by atoms with Crippen molar-refractivity contribution in [3.63, 3.8) is 0 Å². The smallest absolute Gasteiger partial charge is 0.421 e. The van der Waals surface area contributed by atoms with Crippen LogP contribution in [0.3, 0.4) is 0 Å². The molecule has 43 heavy (non-hydrogen) atoms. The lowest BCUT2D eigenvalue weighted by Crippen LogP contribution is -2.14. The Morgan fingerprint density at radius 1 is 0.721 bits per heavy atom. The number of aliphatic imine (C=N–C) groups is 2. The summed E-state index contributed by atoms with van der Waals surface area (Å²) in [5.41, 5.74) is 1.13. The number of benzene rings is 1. The number of hydrogen-bond acceptors (Lipinski definition) is 14. The molecule has 0 saturated carbocycles. The van der Waals surface area contributed by atoms with E-state index in [0.29, 0.717) is 31.3 Å². The van der Waals surface area contributed by atoms with Crippen molar-refractivity contribution in [1.82, 2.24) is 14.5 Å².